The molecule has 0 bridgehead atoms. The fourth-order valence-corrected chi connectivity index (χ4v) is 3.76. The van der Waals surface area contributed by atoms with Gasteiger partial charge in [0.2, 0.25) is 0 Å². The zero-order chi connectivity index (χ0) is 20.2. The van der Waals surface area contributed by atoms with E-state index in [2.05, 4.69) is 0 Å². The molecule has 1 aliphatic heterocycles. The predicted molar refractivity (Wildman–Crippen MR) is 114 cm³/mol. The first-order valence-electron chi connectivity index (χ1n) is 9.67. The maximum Gasteiger partial charge on any atom is 0.335 e. The molecule has 4 nitrogen and oxygen atoms in total. The summed E-state index contributed by atoms with van der Waals surface area (Å²) in [5.74, 6) is -0.930. The number of aryl methyl sites for hydroxylation is 1. The number of carbonyl (C=O) groups excluding carboxylic acids is 1. The Morgan fingerprint density at radius 3 is 2.38 bits per heavy atom. The first-order valence-corrected chi connectivity index (χ1v) is 9.67. The van der Waals surface area contributed by atoms with Gasteiger partial charge in [-0.2, -0.15) is 0 Å². The van der Waals surface area contributed by atoms with E-state index in [1.54, 1.807) is 17.0 Å². The molecule has 0 spiro atoms. The van der Waals surface area contributed by atoms with Gasteiger partial charge in [-0.25, -0.2) is 4.79 Å². The molecule has 29 heavy (non-hydrogen) atoms. The summed E-state index contributed by atoms with van der Waals surface area (Å²) < 4.78 is 0. The lowest BCUT2D eigenvalue weighted by molar-refractivity contribution is -0.112. The van der Waals surface area contributed by atoms with E-state index in [0.717, 1.165) is 28.9 Å². The highest BCUT2D eigenvalue weighted by molar-refractivity contribution is 6.34. The maximum atomic E-state index is 13.2. The number of carbonyl (C=O) groups is 2. The molecule has 0 saturated heterocycles. The summed E-state index contributed by atoms with van der Waals surface area (Å²) in [4.78, 5) is 26.3. The fraction of sp³-hybridized carbons (Fsp3) is 0.120. The number of hydrogen-bond donors (Lipinski definition) is 1. The molecule has 0 unspecified atom stereocenters. The maximum absolute atomic E-state index is 13.2. The van der Waals surface area contributed by atoms with Crippen LogP contribution in [0.15, 0.2) is 84.9 Å². The summed E-state index contributed by atoms with van der Waals surface area (Å²) in [6.07, 6.45) is 4.11. The number of aromatic carboxylic acids is 1. The molecule has 1 aliphatic rings. The lowest BCUT2D eigenvalue weighted by atomic mass is 10.0. The first-order chi connectivity index (χ1) is 14.2. The number of carboxylic acid groups (broad SMARTS) is 1. The number of para-hydroxylation sites is 2. The van der Waals surface area contributed by atoms with Crippen molar-refractivity contribution in [3.05, 3.63) is 102 Å². The van der Waals surface area contributed by atoms with Crippen molar-refractivity contribution in [2.75, 3.05) is 4.90 Å². The Kier molecular flexibility index (Phi) is 5.25. The second-order valence-electron chi connectivity index (χ2n) is 6.97. The van der Waals surface area contributed by atoms with Crippen molar-refractivity contribution in [1.82, 2.24) is 0 Å². The molecule has 4 rings (SSSR count). The molecular formula is C25H21NO3. The molecule has 3 aromatic carbocycles. The molecule has 1 heterocycles. The normalized spacial score (nSPS) is 14.3. The standard InChI is InChI=1S/C25H21NO3/c27-24-22(16-7-5-11-18-10-4-6-14-20(18)25(28)29)21-15-8-9-17-23(21)26(24)19-12-2-1-3-13-19/h1-4,6,8-10,12-17H,5,7,11H2,(H,28,29)/b22-16+. The van der Waals surface area contributed by atoms with Crippen LogP contribution in [-0.2, 0) is 11.2 Å². The second-order valence-corrected chi connectivity index (χ2v) is 6.97. The highest BCUT2D eigenvalue weighted by Gasteiger charge is 2.32. The van der Waals surface area contributed by atoms with Gasteiger partial charge in [-0.05, 0) is 49.1 Å². The van der Waals surface area contributed by atoms with Crippen LogP contribution >= 0.6 is 0 Å². The van der Waals surface area contributed by atoms with Crippen molar-refractivity contribution >= 4 is 28.8 Å². The number of nitrogens with zero attached hydrogens (tertiary/aromatic N) is 1. The van der Waals surface area contributed by atoms with E-state index >= 15 is 0 Å². The van der Waals surface area contributed by atoms with Gasteiger partial charge in [-0.3, -0.25) is 9.69 Å². The molecule has 4 heteroatoms. The molecule has 144 valence electrons. The Hall–Kier alpha value is -3.66. The quantitative estimate of drug-likeness (QED) is 0.454. The van der Waals surface area contributed by atoms with Gasteiger partial charge in [-0.15, -0.1) is 0 Å². The lowest BCUT2D eigenvalue weighted by Gasteiger charge is -2.16. The van der Waals surface area contributed by atoms with Crippen molar-refractivity contribution in [1.29, 1.82) is 0 Å². The van der Waals surface area contributed by atoms with E-state index < -0.39 is 5.97 Å². The van der Waals surface area contributed by atoms with E-state index in [9.17, 15) is 14.7 Å². The minimum Gasteiger partial charge on any atom is -0.478 e. The third-order valence-electron chi connectivity index (χ3n) is 5.13. The van der Waals surface area contributed by atoms with E-state index in [-0.39, 0.29) is 5.91 Å². The second kappa shape index (κ2) is 8.15. The lowest BCUT2D eigenvalue weighted by Crippen LogP contribution is -2.20. The van der Waals surface area contributed by atoms with Crippen molar-refractivity contribution in [2.24, 2.45) is 0 Å². The zero-order valence-corrected chi connectivity index (χ0v) is 15.9. The zero-order valence-electron chi connectivity index (χ0n) is 15.9. The highest BCUT2D eigenvalue weighted by Crippen LogP contribution is 2.41. The van der Waals surface area contributed by atoms with Gasteiger partial charge in [0.05, 0.1) is 11.3 Å². The summed E-state index contributed by atoms with van der Waals surface area (Å²) in [6.45, 7) is 0. The van der Waals surface area contributed by atoms with Crippen LogP contribution in [0.1, 0.15) is 34.3 Å². The molecule has 0 aromatic heterocycles. The number of allylic oxidation sites excluding steroid dienone is 1. The molecular weight excluding hydrogens is 362 g/mol. The molecule has 0 aliphatic carbocycles. The summed E-state index contributed by atoms with van der Waals surface area (Å²) in [6, 6.07) is 24.5. The average Bonchev–Trinajstić information content (AvgIpc) is 3.03. The molecule has 0 radical (unpaired) electrons. The number of unbranched alkanes of at least 4 members (excludes halogenated alkanes) is 1. The summed E-state index contributed by atoms with van der Waals surface area (Å²) in [5.41, 5.74) is 4.55. The van der Waals surface area contributed by atoms with Gasteiger partial charge in [0, 0.05) is 16.8 Å². The first kappa shape index (κ1) is 18.7. The highest BCUT2D eigenvalue weighted by atomic mass is 16.4. The van der Waals surface area contributed by atoms with Gasteiger partial charge in [0.1, 0.15) is 0 Å². The van der Waals surface area contributed by atoms with Crippen LogP contribution in [0.4, 0.5) is 11.4 Å². The molecule has 1 amide bonds. The Balaban J connectivity index is 1.54. The smallest absolute Gasteiger partial charge is 0.335 e. The fourth-order valence-electron chi connectivity index (χ4n) is 3.76. The molecule has 3 aromatic rings. The Labute approximate surface area is 169 Å². The number of carboxylic acids is 1. The summed E-state index contributed by atoms with van der Waals surface area (Å²) >= 11 is 0. The minimum atomic E-state index is -0.905. The summed E-state index contributed by atoms with van der Waals surface area (Å²) in [5, 5.41) is 9.31. The molecule has 0 fully saturated rings. The number of amides is 1. The van der Waals surface area contributed by atoms with Crippen molar-refractivity contribution < 1.29 is 14.7 Å². The van der Waals surface area contributed by atoms with Gasteiger partial charge >= 0.3 is 5.97 Å². The van der Waals surface area contributed by atoms with Crippen LogP contribution in [-0.4, -0.2) is 17.0 Å². The molecule has 0 saturated carbocycles. The number of fused-ring (bicyclic) bond motifs is 1. The minimum absolute atomic E-state index is 0.0247. The number of rotatable bonds is 6. The topological polar surface area (TPSA) is 57.6 Å². The van der Waals surface area contributed by atoms with Crippen molar-refractivity contribution in [3.8, 4) is 0 Å². The van der Waals surface area contributed by atoms with Gasteiger partial charge in [-0.1, -0.05) is 60.7 Å². The van der Waals surface area contributed by atoms with Crippen LogP contribution in [0, 0.1) is 0 Å². The largest absolute Gasteiger partial charge is 0.478 e. The van der Waals surface area contributed by atoms with E-state index in [0.29, 0.717) is 24.0 Å². The van der Waals surface area contributed by atoms with Gasteiger partial charge in [0.25, 0.3) is 5.91 Å². The van der Waals surface area contributed by atoms with E-state index in [4.69, 9.17) is 0 Å². The monoisotopic (exact) mass is 383 g/mol. The summed E-state index contributed by atoms with van der Waals surface area (Å²) in [7, 11) is 0. The van der Waals surface area contributed by atoms with Gasteiger partial charge in [0.15, 0.2) is 0 Å². The van der Waals surface area contributed by atoms with Crippen LogP contribution < -0.4 is 4.90 Å². The number of anilines is 2. The van der Waals surface area contributed by atoms with Crippen LogP contribution in [0.3, 0.4) is 0 Å². The van der Waals surface area contributed by atoms with E-state index in [1.165, 1.54) is 0 Å². The molecule has 1 N–H and O–H groups in total. The Bertz CT molecular complexity index is 1090. The number of benzene rings is 3. The van der Waals surface area contributed by atoms with Gasteiger partial charge < -0.3 is 5.11 Å². The third kappa shape index (κ3) is 3.69. The average molecular weight is 383 g/mol. The number of hydrogen-bond acceptors (Lipinski definition) is 2. The SMILES string of the molecule is O=C(O)c1ccccc1CCC/C=C1/C(=O)N(c2ccccc2)c2ccccc21. The van der Waals surface area contributed by atoms with Crippen LogP contribution in [0.5, 0.6) is 0 Å². The van der Waals surface area contributed by atoms with Crippen molar-refractivity contribution in [3.63, 3.8) is 0 Å². The Morgan fingerprint density at radius 2 is 1.59 bits per heavy atom. The van der Waals surface area contributed by atoms with E-state index in [1.807, 2.05) is 72.8 Å². The van der Waals surface area contributed by atoms with Crippen LogP contribution in [0.2, 0.25) is 0 Å². The van der Waals surface area contributed by atoms with Crippen LogP contribution in [0.25, 0.3) is 5.57 Å². The Morgan fingerprint density at radius 1 is 0.897 bits per heavy atom. The predicted octanol–water partition coefficient (Wildman–Crippen LogP) is 5.47. The molecule has 0 atom stereocenters. The van der Waals surface area contributed by atoms with Crippen molar-refractivity contribution in [2.45, 2.75) is 19.3 Å². The third-order valence-corrected chi connectivity index (χ3v) is 5.13.